The van der Waals surface area contributed by atoms with Crippen molar-refractivity contribution in [1.29, 1.82) is 0 Å². The van der Waals surface area contributed by atoms with E-state index in [1.807, 2.05) is 78.9 Å². The highest BCUT2D eigenvalue weighted by Gasteiger charge is 2.16. The van der Waals surface area contributed by atoms with Gasteiger partial charge < -0.3 is 24.3 Å². The van der Waals surface area contributed by atoms with Gasteiger partial charge in [0.1, 0.15) is 23.6 Å². The first-order chi connectivity index (χ1) is 20.5. The summed E-state index contributed by atoms with van der Waals surface area (Å²) in [6.07, 6.45) is 1.66. The van der Waals surface area contributed by atoms with Crippen LogP contribution in [0.15, 0.2) is 89.9 Å². The van der Waals surface area contributed by atoms with Gasteiger partial charge in [0, 0.05) is 34.4 Å². The number of nitrogens with one attached hydrogen (secondary N) is 1. The molecule has 5 aromatic rings. The summed E-state index contributed by atoms with van der Waals surface area (Å²) in [5.74, 6) is 1.84. The van der Waals surface area contributed by atoms with Crippen LogP contribution in [0, 0.1) is 0 Å². The standard InChI is InChI=1S/C33H34ClN5O3/c1-4-38(5-2)17-18-42-26-15-13-25(14-16-26)36-33-35-21-24-20-30(28-11-6-7-12-29(28)34)39(32(40)31(24)37-33)22-23-9-8-10-27(19-23)41-3/h6-16,19-21H,4-5,17-18,22H2,1-3H3,(H,35,36,37). The number of aromatic nitrogens is 3. The average molecular weight is 584 g/mol. The fraction of sp³-hybridized carbons (Fsp3) is 0.242. The van der Waals surface area contributed by atoms with Crippen molar-refractivity contribution < 1.29 is 9.47 Å². The molecule has 0 aliphatic carbocycles. The third-order valence-electron chi connectivity index (χ3n) is 7.15. The van der Waals surface area contributed by atoms with Crippen LogP contribution in [0.1, 0.15) is 19.4 Å². The molecule has 0 unspecified atom stereocenters. The van der Waals surface area contributed by atoms with Crippen molar-refractivity contribution in [2.24, 2.45) is 0 Å². The van der Waals surface area contributed by atoms with E-state index in [9.17, 15) is 4.79 Å². The number of methoxy groups -OCH3 is 1. The van der Waals surface area contributed by atoms with E-state index >= 15 is 0 Å². The summed E-state index contributed by atoms with van der Waals surface area (Å²) in [5.41, 5.74) is 3.20. The molecule has 0 saturated carbocycles. The lowest BCUT2D eigenvalue weighted by molar-refractivity contribution is 0.223. The quantitative estimate of drug-likeness (QED) is 0.176. The highest BCUT2D eigenvalue weighted by Crippen LogP contribution is 2.30. The number of ether oxygens (including phenoxy) is 2. The number of pyridine rings is 1. The fourth-order valence-electron chi connectivity index (χ4n) is 4.79. The molecule has 3 aromatic carbocycles. The Kier molecular flexibility index (Phi) is 9.36. The lowest BCUT2D eigenvalue weighted by atomic mass is 10.1. The topological polar surface area (TPSA) is 81.5 Å². The second-order valence-electron chi connectivity index (χ2n) is 9.77. The zero-order valence-corrected chi connectivity index (χ0v) is 24.8. The van der Waals surface area contributed by atoms with Crippen LogP contribution in [0.3, 0.4) is 0 Å². The third-order valence-corrected chi connectivity index (χ3v) is 7.48. The highest BCUT2D eigenvalue weighted by atomic mass is 35.5. The monoisotopic (exact) mass is 583 g/mol. The fourth-order valence-corrected chi connectivity index (χ4v) is 5.02. The first-order valence-corrected chi connectivity index (χ1v) is 14.4. The van der Waals surface area contributed by atoms with Crippen molar-refractivity contribution in [1.82, 2.24) is 19.4 Å². The van der Waals surface area contributed by atoms with Gasteiger partial charge in [0.25, 0.3) is 5.56 Å². The molecule has 0 fully saturated rings. The van der Waals surface area contributed by atoms with E-state index in [-0.39, 0.29) is 5.56 Å². The summed E-state index contributed by atoms with van der Waals surface area (Å²) in [5, 5.41) is 4.39. The molecular weight excluding hydrogens is 550 g/mol. The number of hydrogen-bond acceptors (Lipinski definition) is 7. The summed E-state index contributed by atoms with van der Waals surface area (Å²) in [6, 6.07) is 24.7. The van der Waals surface area contributed by atoms with Crippen LogP contribution >= 0.6 is 11.6 Å². The number of anilines is 2. The molecule has 2 aromatic heterocycles. The van der Waals surface area contributed by atoms with E-state index in [1.165, 1.54) is 0 Å². The first kappa shape index (κ1) is 29.1. The molecule has 9 heteroatoms. The van der Waals surface area contributed by atoms with Gasteiger partial charge in [0.15, 0.2) is 0 Å². The van der Waals surface area contributed by atoms with Crippen molar-refractivity contribution in [3.8, 4) is 22.8 Å². The van der Waals surface area contributed by atoms with Gasteiger partial charge in [-0.15, -0.1) is 0 Å². The number of nitrogens with zero attached hydrogens (tertiary/aromatic N) is 4. The third kappa shape index (κ3) is 6.73. The molecule has 0 spiro atoms. The number of likely N-dealkylation sites (N-methyl/N-ethyl adjacent to an activating group) is 1. The van der Waals surface area contributed by atoms with Gasteiger partial charge in [-0.1, -0.05) is 55.8 Å². The van der Waals surface area contributed by atoms with Crippen molar-refractivity contribution in [3.63, 3.8) is 0 Å². The SMILES string of the molecule is CCN(CC)CCOc1ccc(Nc2ncc3cc(-c4ccccc4Cl)n(Cc4cccc(OC)c4)c(=O)c3n2)cc1. The second kappa shape index (κ2) is 13.5. The normalized spacial score (nSPS) is 11.2. The van der Waals surface area contributed by atoms with E-state index in [1.54, 1.807) is 17.9 Å². The summed E-state index contributed by atoms with van der Waals surface area (Å²) < 4.78 is 13.0. The number of halogens is 1. The van der Waals surface area contributed by atoms with Crippen LogP contribution in [-0.4, -0.2) is 52.8 Å². The van der Waals surface area contributed by atoms with Gasteiger partial charge in [0.2, 0.25) is 5.95 Å². The Morgan fingerprint density at radius 3 is 2.48 bits per heavy atom. The van der Waals surface area contributed by atoms with Crippen LogP contribution in [0.4, 0.5) is 11.6 Å². The molecule has 0 radical (unpaired) electrons. The summed E-state index contributed by atoms with van der Waals surface area (Å²) in [7, 11) is 1.62. The van der Waals surface area contributed by atoms with Crippen molar-refractivity contribution in [3.05, 3.63) is 106 Å². The van der Waals surface area contributed by atoms with Crippen LogP contribution in [0.25, 0.3) is 22.2 Å². The van der Waals surface area contributed by atoms with Gasteiger partial charge in [-0.25, -0.2) is 9.97 Å². The maximum atomic E-state index is 14.0. The molecular formula is C33H34ClN5O3. The van der Waals surface area contributed by atoms with E-state index in [0.717, 1.165) is 47.9 Å². The molecule has 0 aliphatic rings. The Morgan fingerprint density at radius 2 is 1.74 bits per heavy atom. The van der Waals surface area contributed by atoms with E-state index < -0.39 is 0 Å². The van der Waals surface area contributed by atoms with Crippen molar-refractivity contribution in [2.75, 3.05) is 38.7 Å². The molecule has 42 heavy (non-hydrogen) atoms. The van der Waals surface area contributed by atoms with Gasteiger partial charge in [0.05, 0.1) is 19.3 Å². The maximum absolute atomic E-state index is 14.0. The molecule has 8 nitrogen and oxygen atoms in total. The molecule has 2 heterocycles. The van der Waals surface area contributed by atoms with Crippen molar-refractivity contribution in [2.45, 2.75) is 20.4 Å². The largest absolute Gasteiger partial charge is 0.497 e. The average Bonchev–Trinajstić information content (AvgIpc) is 3.02. The molecule has 0 saturated heterocycles. The van der Waals surface area contributed by atoms with E-state index in [0.29, 0.717) is 40.7 Å². The van der Waals surface area contributed by atoms with Gasteiger partial charge >= 0.3 is 0 Å². The molecule has 1 N–H and O–H groups in total. The number of benzene rings is 3. The number of fused-ring (bicyclic) bond motifs is 1. The van der Waals surface area contributed by atoms with E-state index in [2.05, 4.69) is 34.0 Å². The number of rotatable bonds is 12. The Bertz CT molecular complexity index is 1720. The predicted molar refractivity (Wildman–Crippen MR) is 169 cm³/mol. The lowest BCUT2D eigenvalue weighted by Gasteiger charge is -2.18. The number of hydrogen-bond donors (Lipinski definition) is 1. The molecule has 0 amide bonds. The van der Waals surface area contributed by atoms with Crippen LogP contribution in [0.2, 0.25) is 5.02 Å². The molecule has 216 valence electrons. The Hall–Kier alpha value is -4.40. The smallest absolute Gasteiger partial charge is 0.278 e. The molecule has 0 aliphatic heterocycles. The summed E-state index contributed by atoms with van der Waals surface area (Å²) >= 11 is 6.58. The summed E-state index contributed by atoms with van der Waals surface area (Å²) in [4.78, 5) is 25.4. The Morgan fingerprint density at radius 1 is 0.952 bits per heavy atom. The zero-order valence-electron chi connectivity index (χ0n) is 24.0. The highest BCUT2D eigenvalue weighted by molar-refractivity contribution is 6.33. The molecule has 0 bridgehead atoms. The lowest BCUT2D eigenvalue weighted by Crippen LogP contribution is -2.27. The van der Waals surface area contributed by atoms with Crippen LogP contribution < -0.4 is 20.3 Å². The van der Waals surface area contributed by atoms with Gasteiger partial charge in [-0.2, -0.15) is 0 Å². The van der Waals surface area contributed by atoms with E-state index in [4.69, 9.17) is 21.1 Å². The first-order valence-electron chi connectivity index (χ1n) is 14.0. The van der Waals surface area contributed by atoms with Crippen LogP contribution in [0.5, 0.6) is 11.5 Å². The predicted octanol–water partition coefficient (Wildman–Crippen LogP) is 6.63. The Labute approximate surface area is 250 Å². The van der Waals surface area contributed by atoms with Gasteiger partial charge in [-0.05, 0) is 67.2 Å². The van der Waals surface area contributed by atoms with Crippen LogP contribution in [-0.2, 0) is 6.54 Å². The minimum Gasteiger partial charge on any atom is -0.497 e. The molecule has 5 rings (SSSR count). The minimum atomic E-state index is -0.243. The minimum absolute atomic E-state index is 0.243. The zero-order chi connectivity index (χ0) is 29.5. The maximum Gasteiger partial charge on any atom is 0.278 e. The molecule has 0 atom stereocenters. The Balaban J connectivity index is 1.44. The second-order valence-corrected chi connectivity index (χ2v) is 10.2. The summed E-state index contributed by atoms with van der Waals surface area (Å²) in [6.45, 7) is 8.12. The van der Waals surface area contributed by atoms with Gasteiger partial charge in [-0.3, -0.25) is 4.79 Å². The van der Waals surface area contributed by atoms with Crippen molar-refractivity contribution >= 4 is 34.1 Å².